The van der Waals surface area contributed by atoms with Crippen molar-refractivity contribution in [1.29, 1.82) is 0 Å². The Labute approximate surface area is 105 Å². The molecule has 0 radical (unpaired) electrons. The monoisotopic (exact) mass is 281 g/mol. The minimum absolute atomic E-state index is 0.0298. The summed E-state index contributed by atoms with van der Waals surface area (Å²) in [4.78, 5) is 13.9. The fourth-order valence-corrected chi connectivity index (χ4v) is 2.35. The van der Waals surface area contributed by atoms with Crippen LogP contribution in [0.15, 0.2) is 24.3 Å². The van der Waals surface area contributed by atoms with Crippen LogP contribution < -0.4 is 0 Å². The molecule has 0 aliphatic carbocycles. The molecule has 3 heteroatoms. The number of benzene rings is 1. The summed E-state index contributed by atoms with van der Waals surface area (Å²) < 4.78 is 0. The van der Waals surface area contributed by atoms with E-state index in [4.69, 9.17) is 0 Å². The van der Waals surface area contributed by atoms with Crippen molar-refractivity contribution >= 4 is 21.8 Å². The van der Waals surface area contributed by atoms with Gasteiger partial charge in [-0.3, -0.25) is 4.79 Å². The molecule has 0 saturated heterocycles. The summed E-state index contributed by atoms with van der Waals surface area (Å²) in [5, 5.41) is 0. The maximum absolute atomic E-state index is 12.0. The molecule has 1 amide bonds. The third kappa shape index (κ3) is 2.29. The number of nitrogens with zero attached hydrogens (tertiary/aromatic N) is 1. The number of rotatable bonds is 2. The van der Waals surface area contributed by atoms with Crippen LogP contribution in [0.3, 0.4) is 0 Å². The van der Waals surface area contributed by atoms with Gasteiger partial charge in [-0.1, -0.05) is 47.1 Å². The van der Waals surface area contributed by atoms with Crippen molar-refractivity contribution in [2.75, 3.05) is 6.54 Å². The molecule has 0 unspecified atom stereocenters. The number of halogens is 1. The van der Waals surface area contributed by atoms with Crippen LogP contribution in [0.5, 0.6) is 0 Å². The van der Waals surface area contributed by atoms with Gasteiger partial charge in [-0.15, -0.1) is 0 Å². The van der Waals surface area contributed by atoms with Gasteiger partial charge in [0.15, 0.2) is 0 Å². The van der Waals surface area contributed by atoms with Crippen molar-refractivity contribution in [3.8, 4) is 0 Å². The molecule has 86 valence electrons. The Balaban J connectivity index is 2.11. The highest BCUT2D eigenvalue weighted by atomic mass is 79.9. The number of carbonyl (C=O) groups excluding carboxylic acids is 1. The molecule has 0 bridgehead atoms. The molecular formula is C13H16BrNO. The third-order valence-corrected chi connectivity index (χ3v) is 4.11. The van der Waals surface area contributed by atoms with Crippen molar-refractivity contribution in [2.45, 2.75) is 31.1 Å². The van der Waals surface area contributed by atoms with Crippen LogP contribution in [0.1, 0.15) is 24.5 Å². The average Bonchev–Trinajstić information content (AvgIpc) is 2.36. The van der Waals surface area contributed by atoms with Crippen LogP contribution in [0.4, 0.5) is 0 Å². The second-order valence-corrected chi connectivity index (χ2v) is 5.26. The molecule has 0 fully saturated rings. The molecule has 16 heavy (non-hydrogen) atoms. The van der Waals surface area contributed by atoms with Gasteiger partial charge < -0.3 is 4.90 Å². The van der Waals surface area contributed by atoms with E-state index in [-0.39, 0.29) is 10.7 Å². The fourth-order valence-electron chi connectivity index (χ4n) is 2.06. The first kappa shape index (κ1) is 11.6. The Morgan fingerprint density at radius 3 is 2.81 bits per heavy atom. The number of amides is 1. The maximum Gasteiger partial charge on any atom is 0.236 e. The molecule has 1 aliphatic heterocycles. The predicted molar refractivity (Wildman–Crippen MR) is 68.6 cm³/mol. The normalized spacial score (nSPS) is 16.8. The lowest BCUT2D eigenvalue weighted by Gasteiger charge is -2.30. The van der Waals surface area contributed by atoms with E-state index in [0.717, 1.165) is 25.9 Å². The summed E-state index contributed by atoms with van der Waals surface area (Å²) in [6, 6.07) is 8.38. The Kier molecular flexibility index (Phi) is 3.64. The highest BCUT2D eigenvalue weighted by molar-refractivity contribution is 9.10. The van der Waals surface area contributed by atoms with E-state index >= 15 is 0 Å². The molecular weight excluding hydrogens is 266 g/mol. The molecule has 1 aromatic rings. The van der Waals surface area contributed by atoms with Gasteiger partial charge in [0, 0.05) is 13.1 Å². The number of hydrogen-bond donors (Lipinski definition) is 0. The fraction of sp³-hybridized carbons (Fsp3) is 0.462. The van der Waals surface area contributed by atoms with Crippen molar-refractivity contribution in [1.82, 2.24) is 4.90 Å². The number of fused-ring (bicyclic) bond motifs is 1. The van der Waals surface area contributed by atoms with Crippen LogP contribution in [0, 0.1) is 0 Å². The molecule has 1 aromatic carbocycles. The zero-order valence-corrected chi connectivity index (χ0v) is 11.0. The predicted octanol–water partition coefficient (Wildman–Crippen LogP) is 2.74. The van der Waals surface area contributed by atoms with Gasteiger partial charge in [0.2, 0.25) is 5.91 Å². The standard InChI is InChI=1S/C13H16BrNO/c1-2-12(14)13(16)15-8-7-10-5-3-4-6-11(10)9-15/h3-6,12H,2,7-9H2,1H3/t12-/m1/s1. The Hall–Kier alpha value is -0.830. The Morgan fingerprint density at radius 1 is 1.44 bits per heavy atom. The van der Waals surface area contributed by atoms with E-state index < -0.39 is 0 Å². The largest absolute Gasteiger partial charge is 0.337 e. The van der Waals surface area contributed by atoms with Crippen molar-refractivity contribution < 1.29 is 4.79 Å². The molecule has 0 saturated carbocycles. The average molecular weight is 282 g/mol. The van der Waals surface area contributed by atoms with Gasteiger partial charge in [0.05, 0.1) is 4.83 Å². The van der Waals surface area contributed by atoms with E-state index in [1.54, 1.807) is 0 Å². The minimum atomic E-state index is -0.0298. The van der Waals surface area contributed by atoms with Crippen LogP contribution in [-0.4, -0.2) is 22.2 Å². The van der Waals surface area contributed by atoms with Crippen molar-refractivity contribution in [3.63, 3.8) is 0 Å². The van der Waals surface area contributed by atoms with E-state index in [0.29, 0.717) is 0 Å². The van der Waals surface area contributed by atoms with Gasteiger partial charge in [0.1, 0.15) is 0 Å². The Bertz CT molecular complexity index is 391. The first-order valence-corrected chi connectivity index (χ1v) is 6.63. The van der Waals surface area contributed by atoms with Gasteiger partial charge in [-0.05, 0) is 24.0 Å². The number of alkyl halides is 1. The van der Waals surface area contributed by atoms with Crippen molar-refractivity contribution in [3.05, 3.63) is 35.4 Å². The van der Waals surface area contributed by atoms with Crippen LogP contribution in [0.2, 0.25) is 0 Å². The third-order valence-electron chi connectivity index (χ3n) is 3.07. The summed E-state index contributed by atoms with van der Waals surface area (Å²) in [5.74, 6) is 0.219. The lowest BCUT2D eigenvalue weighted by atomic mass is 10.00. The zero-order chi connectivity index (χ0) is 11.5. The first-order chi connectivity index (χ1) is 7.72. The maximum atomic E-state index is 12.0. The van der Waals surface area contributed by atoms with E-state index in [2.05, 4.69) is 34.1 Å². The van der Waals surface area contributed by atoms with E-state index in [1.807, 2.05) is 17.9 Å². The van der Waals surface area contributed by atoms with Crippen LogP contribution >= 0.6 is 15.9 Å². The van der Waals surface area contributed by atoms with Gasteiger partial charge in [-0.25, -0.2) is 0 Å². The minimum Gasteiger partial charge on any atom is -0.337 e. The van der Waals surface area contributed by atoms with Gasteiger partial charge in [0.25, 0.3) is 0 Å². The Morgan fingerprint density at radius 2 is 2.12 bits per heavy atom. The summed E-state index contributed by atoms with van der Waals surface area (Å²) in [5.41, 5.74) is 2.67. The summed E-state index contributed by atoms with van der Waals surface area (Å²) in [6.45, 7) is 3.63. The number of carbonyl (C=O) groups is 1. The molecule has 2 rings (SSSR count). The van der Waals surface area contributed by atoms with Crippen molar-refractivity contribution in [2.24, 2.45) is 0 Å². The number of hydrogen-bond acceptors (Lipinski definition) is 1. The van der Waals surface area contributed by atoms with Gasteiger partial charge in [-0.2, -0.15) is 0 Å². The molecule has 0 spiro atoms. The quantitative estimate of drug-likeness (QED) is 0.764. The molecule has 1 heterocycles. The second-order valence-electron chi connectivity index (χ2n) is 4.15. The van der Waals surface area contributed by atoms with E-state index in [1.165, 1.54) is 11.1 Å². The van der Waals surface area contributed by atoms with E-state index in [9.17, 15) is 4.79 Å². The molecule has 0 aromatic heterocycles. The lowest BCUT2D eigenvalue weighted by Crippen LogP contribution is -2.39. The molecule has 1 atom stereocenters. The van der Waals surface area contributed by atoms with Crippen LogP contribution in [0.25, 0.3) is 0 Å². The molecule has 1 aliphatic rings. The summed E-state index contributed by atoms with van der Waals surface area (Å²) in [6.07, 6.45) is 1.82. The first-order valence-electron chi connectivity index (χ1n) is 5.72. The summed E-state index contributed by atoms with van der Waals surface area (Å²) >= 11 is 3.43. The van der Waals surface area contributed by atoms with Gasteiger partial charge >= 0.3 is 0 Å². The SMILES string of the molecule is CC[C@@H](Br)C(=O)N1CCc2ccccc2C1. The topological polar surface area (TPSA) is 20.3 Å². The lowest BCUT2D eigenvalue weighted by molar-refractivity contribution is -0.131. The van der Waals surface area contributed by atoms with Crippen LogP contribution in [-0.2, 0) is 17.8 Å². The smallest absolute Gasteiger partial charge is 0.236 e. The highest BCUT2D eigenvalue weighted by Gasteiger charge is 2.24. The highest BCUT2D eigenvalue weighted by Crippen LogP contribution is 2.20. The summed E-state index contributed by atoms with van der Waals surface area (Å²) in [7, 11) is 0. The molecule has 2 nitrogen and oxygen atoms in total. The molecule has 0 N–H and O–H groups in total. The second kappa shape index (κ2) is 5.00. The zero-order valence-electron chi connectivity index (χ0n) is 9.45.